The third-order valence-electron chi connectivity index (χ3n) is 1.53. The van der Waals surface area contributed by atoms with E-state index in [1.807, 2.05) is 18.2 Å². The minimum absolute atomic E-state index is 0.299. The fourth-order valence-electron chi connectivity index (χ4n) is 0.908. The molecule has 0 saturated carbocycles. The van der Waals surface area contributed by atoms with Crippen LogP contribution in [-0.2, 0) is 0 Å². The van der Waals surface area contributed by atoms with E-state index in [4.69, 9.17) is 14.6 Å². The molecule has 0 aliphatic heterocycles. The van der Waals surface area contributed by atoms with Crippen molar-refractivity contribution in [2.45, 2.75) is 13.0 Å². The summed E-state index contributed by atoms with van der Waals surface area (Å²) in [4.78, 5) is 0. The number of benzene rings is 1. The maximum Gasteiger partial charge on any atom is 0.123 e. The monoisotopic (exact) mass is 182 g/mol. The molecule has 1 rings (SSSR count). The molecule has 72 valence electrons. The molecule has 1 atom stereocenters. The van der Waals surface area contributed by atoms with Gasteiger partial charge in [-0.3, -0.25) is 0 Å². The van der Waals surface area contributed by atoms with Gasteiger partial charge in [0.05, 0.1) is 13.2 Å². The van der Waals surface area contributed by atoms with Gasteiger partial charge in [-0.1, -0.05) is 6.07 Å². The van der Waals surface area contributed by atoms with Crippen LogP contribution in [0.2, 0.25) is 0 Å². The van der Waals surface area contributed by atoms with E-state index in [9.17, 15) is 0 Å². The summed E-state index contributed by atoms with van der Waals surface area (Å²) in [7, 11) is 1.60. The molecule has 3 heteroatoms. The van der Waals surface area contributed by atoms with E-state index in [1.54, 1.807) is 20.1 Å². The van der Waals surface area contributed by atoms with Crippen LogP contribution in [0.5, 0.6) is 11.5 Å². The Bertz CT molecular complexity index is 258. The van der Waals surface area contributed by atoms with Crippen LogP contribution in [0, 0.1) is 0 Å². The van der Waals surface area contributed by atoms with Crippen molar-refractivity contribution in [1.29, 1.82) is 0 Å². The first-order valence-corrected chi connectivity index (χ1v) is 4.17. The lowest BCUT2D eigenvalue weighted by Crippen LogP contribution is -2.12. The summed E-state index contributed by atoms with van der Waals surface area (Å²) in [6, 6.07) is 7.29. The molecule has 0 aliphatic carbocycles. The molecule has 0 heterocycles. The second-order valence-corrected chi connectivity index (χ2v) is 2.84. The molecule has 0 amide bonds. The molecule has 1 aromatic rings. The summed E-state index contributed by atoms with van der Waals surface area (Å²) in [5, 5.41) is 8.98. The lowest BCUT2D eigenvalue weighted by Gasteiger charge is -2.08. The van der Waals surface area contributed by atoms with Gasteiger partial charge in [0.1, 0.15) is 18.1 Å². The zero-order valence-corrected chi connectivity index (χ0v) is 7.86. The van der Waals surface area contributed by atoms with Gasteiger partial charge in [0.25, 0.3) is 0 Å². The van der Waals surface area contributed by atoms with Crippen LogP contribution in [0.1, 0.15) is 6.92 Å². The Morgan fingerprint density at radius 2 is 2.08 bits per heavy atom. The van der Waals surface area contributed by atoms with Gasteiger partial charge >= 0.3 is 0 Å². The maximum atomic E-state index is 8.98. The molecule has 0 fully saturated rings. The Labute approximate surface area is 77.9 Å². The summed E-state index contributed by atoms with van der Waals surface area (Å²) in [5.74, 6) is 1.46. The zero-order valence-electron chi connectivity index (χ0n) is 7.86. The van der Waals surface area contributed by atoms with Crippen LogP contribution in [0.25, 0.3) is 0 Å². The maximum absolute atomic E-state index is 8.98. The van der Waals surface area contributed by atoms with Gasteiger partial charge in [-0.25, -0.2) is 0 Å². The highest BCUT2D eigenvalue weighted by Gasteiger charge is 1.98. The molecule has 0 saturated heterocycles. The van der Waals surface area contributed by atoms with E-state index in [2.05, 4.69) is 0 Å². The van der Waals surface area contributed by atoms with Crippen molar-refractivity contribution in [2.24, 2.45) is 0 Å². The standard InChI is InChI=1S/C10H14O3/c1-8(11)7-13-10-5-3-4-9(6-10)12-2/h3-6,8,11H,7H2,1-2H3/t8-/m1/s1. The molecule has 3 nitrogen and oxygen atoms in total. The van der Waals surface area contributed by atoms with Crippen molar-refractivity contribution >= 4 is 0 Å². The number of ether oxygens (including phenoxy) is 2. The largest absolute Gasteiger partial charge is 0.497 e. The highest BCUT2D eigenvalue weighted by molar-refractivity contribution is 5.32. The average molecular weight is 182 g/mol. The number of aliphatic hydroxyl groups excluding tert-OH is 1. The molecule has 1 aromatic carbocycles. The van der Waals surface area contributed by atoms with Gasteiger partial charge in [-0.05, 0) is 19.1 Å². The Hall–Kier alpha value is -1.22. The fourth-order valence-corrected chi connectivity index (χ4v) is 0.908. The lowest BCUT2D eigenvalue weighted by atomic mass is 10.3. The Morgan fingerprint density at radius 1 is 1.38 bits per heavy atom. The first-order chi connectivity index (χ1) is 6.22. The molecule has 0 spiro atoms. The number of hydrogen-bond donors (Lipinski definition) is 1. The number of aliphatic hydroxyl groups is 1. The smallest absolute Gasteiger partial charge is 0.123 e. The molecule has 0 bridgehead atoms. The first kappa shape index (κ1) is 9.86. The summed E-state index contributed by atoms with van der Waals surface area (Å²) < 4.78 is 10.3. The van der Waals surface area contributed by atoms with Gasteiger partial charge in [-0.2, -0.15) is 0 Å². The van der Waals surface area contributed by atoms with Gasteiger partial charge in [-0.15, -0.1) is 0 Å². The molecule has 0 aromatic heterocycles. The van der Waals surface area contributed by atoms with Gasteiger partial charge in [0, 0.05) is 6.07 Å². The molecule has 0 aliphatic rings. The Kier molecular flexibility index (Phi) is 3.58. The highest BCUT2D eigenvalue weighted by Crippen LogP contribution is 2.18. The second-order valence-electron chi connectivity index (χ2n) is 2.84. The third-order valence-corrected chi connectivity index (χ3v) is 1.53. The molecular formula is C10H14O3. The van der Waals surface area contributed by atoms with Crippen molar-refractivity contribution in [3.63, 3.8) is 0 Å². The van der Waals surface area contributed by atoms with Crippen molar-refractivity contribution < 1.29 is 14.6 Å². The Balaban J connectivity index is 2.56. The predicted octanol–water partition coefficient (Wildman–Crippen LogP) is 1.45. The van der Waals surface area contributed by atoms with Crippen LogP contribution >= 0.6 is 0 Å². The van der Waals surface area contributed by atoms with Crippen molar-refractivity contribution in [2.75, 3.05) is 13.7 Å². The van der Waals surface area contributed by atoms with E-state index in [1.165, 1.54) is 0 Å². The zero-order chi connectivity index (χ0) is 9.68. The second kappa shape index (κ2) is 4.72. The van der Waals surface area contributed by atoms with Crippen LogP contribution in [0.15, 0.2) is 24.3 Å². The Morgan fingerprint density at radius 3 is 2.69 bits per heavy atom. The van der Waals surface area contributed by atoms with Crippen LogP contribution in [-0.4, -0.2) is 24.9 Å². The van der Waals surface area contributed by atoms with E-state index < -0.39 is 6.10 Å². The van der Waals surface area contributed by atoms with Crippen LogP contribution < -0.4 is 9.47 Å². The SMILES string of the molecule is COc1cccc(OC[C@@H](C)O)c1. The number of hydrogen-bond acceptors (Lipinski definition) is 3. The predicted molar refractivity (Wildman–Crippen MR) is 50.2 cm³/mol. The molecule has 0 unspecified atom stereocenters. The van der Waals surface area contributed by atoms with Gasteiger partial charge in [0.2, 0.25) is 0 Å². The summed E-state index contributed by atoms with van der Waals surface area (Å²) in [6.45, 7) is 1.98. The van der Waals surface area contributed by atoms with Gasteiger partial charge < -0.3 is 14.6 Å². The van der Waals surface area contributed by atoms with Crippen molar-refractivity contribution in [3.8, 4) is 11.5 Å². The average Bonchev–Trinajstić information content (AvgIpc) is 2.15. The number of rotatable bonds is 4. The van der Waals surface area contributed by atoms with Crippen molar-refractivity contribution in [1.82, 2.24) is 0 Å². The minimum atomic E-state index is -0.453. The third kappa shape index (κ3) is 3.34. The van der Waals surface area contributed by atoms with Crippen LogP contribution in [0.3, 0.4) is 0 Å². The van der Waals surface area contributed by atoms with Crippen molar-refractivity contribution in [3.05, 3.63) is 24.3 Å². The van der Waals surface area contributed by atoms with Crippen LogP contribution in [0.4, 0.5) is 0 Å². The molecule has 13 heavy (non-hydrogen) atoms. The molecule has 1 N–H and O–H groups in total. The fraction of sp³-hybridized carbons (Fsp3) is 0.400. The summed E-state index contributed by atoms with van der Waals surface area (Å²) >= 11 is 0. The van der Waals surface area contributed by atoms with E-state index in [0.717, 1.165) is 5.75 Å². The highest BCUT2D eigenvalue weighted by atomic mass is 16.5. The van der Waals surface area contributed by atoms with E-state index in [-0.39, 0.29) is 0 Å². The van der Waals surface area contributed by atoms with E-state index in [0.29, 0.717) is 12.4 Å². The normalized spacial score (nSPS) is 12.2. The lowest BCUT2D eigenvalue weighted by molar-refractivity contribution is 0.122. The summed E-state index contributed by atoms with van der Waals surface area (Å²) in [6.07, 6.45) is -0.453. The molecular weight excluding hydrogens is 168 g/mol. The van der Waals surface area contributed by atoms with Gasteiger partial charge in [0.15, 0.2) is 0 Å². The minimum Gasteiger partial charge on any atom is -0.497 e. The van der Waals surface area contributed by atoms with E-state index >= 15 is 0 Å². The first-order valence-electron chi connectivity index (χ1n) is 4.17. The molecule has 0 radical (unpaired) electrons. The summed E-state index contributed by atoms with van der Waals surface area (Å²) in [5.41, 5.74) is 0. The topological polar surface area (TPSA) is 38.7 Å². The number of methoxy groups -OCH3 is 1. The quantitative estimate of drug-likeness (QED) is 0.766.